The normalized spacial score (nSPS) is 10.3. The lowest BCUT2D eigenvalue weighted by Gasteiger charge is -2.09. The van der Waals surface area contributed by atoms with Gasteiger partial charge in [0.1, 0.15) is 17.4 Å². The third-order valence-electron chi connectivity index (χ3n) is 2.66. The number of rotatable bonds is 3. The lowest BCUT2D eigenvalue weighted by Crippen LogP contribution is -2.12. The molecule has 0 radical (unpaired) electrons. The molecule has 1 amide bonds. The number of halogens is 2. The Kier molecular flexibility index (Phi) is 4.24. The molecule has 20 heavy (non-hydrogen) atoms. The first kappa shape index (κ1) is 14.3. The Labute approximate surface area is 119 Å². The monoisotopic (exact) mass is 295 g/mol. The summed E-state index contributed by atoms with van der Waals surface area (Å²) in [5.74, 6) is -1.99. The highest BCUT2D eigenvalue weighted by Crippen LogP contribution is 2.31. The molecule has 0 unspecified atom stereocenters. The molecule has 2 rings (SSSR count). The molecule has 0 aromatic heterocycles. The number of carbonyl (C=O) groups is 1. The number of carbonyl (C=O) groups excluding carboxylic acids is 1. The van der Waals surface area contributed by atoms with Crippen LogP contribution in [0.3, 0.4) is 0 Å². The van der Waals surface area contributed by atoms with Crippen LogP contribution in [0, 0.1) is 11.6 Å². The summed E-state index contributed by atoms with van der Waals surface area (Å²) in [7, 11) is 0. The number of hydrogen-bond donors (Lipinski definition) is 3. The fourth-order valence-electron chi connectivity index (χ4n) is 1.72. The third kappa shape index (κ3) is 3.08. The maximum Gasteiger partial charge on any atom is 0.234 e. The van der Waals surface area contributed by atoms with E-state index in [-0.39, 0.29) is 22.8 Å². The molecule has 0 aliphatic rings. The molecule has 104 valence electrons. The van der Waals surface area contributed by atoms with Gasteiger partial charge in [0.15, 0.2) is 0 Å². The van der Waals surface area contributed by atoms with Crippen molar-refractivity contribution in [3.05, 3.63) is 48.0 Å². The van der Waals surface area contributed by atoms with Gasteiger partial charge in [0.25, 0.3) is 0 Å². The lowest BCUT2D eigenvalue weighted by molar-refractivity contribution is -0.113. The van der Waals surface area contributed by atoms with E-state index in [0.717, 1.165) is 12.1 Å². The quantitative estimate of drug-likeness (QED) is 0.601. The van der Waals surface area contributed by atoms with Crippen LogP contribution in [0.25, 0.3) is 11.1 Å². The van der Waals surface area contributed by atoms with Crippen LogP contribution in [0.2, 0.25) is 0 Å². The Morgan fingerprint density at radius 1 is 1.20 bits per heavy atom. The van der Waals surface area contributed by atoms with Gasteiger partial charge in [-0.25, -0.2) is 8.78 Å². The van der Waals surface area contributed by atoms with E-state index in [1.807, 2.05) is 0 Å². The van der Waals surface area contributed by atoms with Gasteiger partial charge in [0.2, 0.25) is 5.91 Å². The highest BCUT2D eigenvalue weighted by Gasteiger charge is 2.10. The second kappa shape index (κ2) is 5.92. The number of amides is 1. The number of phenols is 1. The fraction of sp³-hybridized carbons (Fsp3) is 0.0714. The molecule has 2 aromatic rings. The van der Waals surface area contributed by atoms with E-state index in [0.29, 0.717) is 5.56 Å². The van der Waals surface area contributed by atoms with Crippen molar-refractivity contribution in [1.29, 1.82) is 0 Å². The standard InChI is InChI=1S/C14H11F2NO2S/c15-9-2-3-10(11(16)6-9)8-1-4-13(18)12(5-8)17-14(19)7-20/h1-6,18,20H,7H2,(H,17,19). The molecule has 0 bridgehead atoms. The van der Waals surface area contributed by atoms with Gasteiger partial charge in [0.05, 0.1) is 11.4 Å². The molecular weight excluding hydrogens is 284 g/mol. The number of benzene rings is 2. The van der Waals surface area contributed by atoms with Gasteiger partial charge in [-0.15, -0.1) is 0 Å². The van der Waals surface area contributed by atoms with Crippen LogP contribution in [-0.4, -0.2) is 16.8 Å². The van der Waals surface area contributed by atoms with Crippen molar-refractivity contribution in [3.8, 4) is 16.9 Å². The van der Waals surface area contributed by atoms with E-state index in [4.69, 9.17) is 0 Å². The topological polar surface area (TPSA) is 49.3 Å². The first-order valence-corrected chi connectivity index (χ1v) is 6.33. The van der Waals surface area contributed by atoms with E-state index in [1.54, 1.807) is 0 Å². The molecular formula is C14H11F2NO2S. The molecule has 2 N–H and O–H groups in total. The smallest absolute Gasteiger partial charge is 0.234 e. The first-order valence-electron chi connectivity index (χ1n) is 5.70. The number of thiol groups is 1. The summed E-state index contributed by atoms with van der Waals surface area (Å²) in [6, 6.07) is 7.41. The minimum Gasteiger partial charge on any atom is -0.506 e. The first-order chi connectivity index (χ1) is 9.51. The predicted octanol–water partition coefficient (Wildman–Crippen LogP) is 3.21. The average Bonchev–Trinajstić information content (AvgIpc) is 2.41. The molecule has 0 atom stereocenters. The molecule has 6 heteroatoms. The Hall–Kier alpha value is -2.08. The van der Waals surface area contributed by atoms with Crippen LogP contribution in [0.4, 0.5) is 14.5 Å². The van der Waals surface area contributed by atoms with Gasteiger partial charge in [-0.2, -0.15) is 12.6 Å². The Morgan fingerprint density at radius 3 is 2.60 bits per heavy atom. The molecule has 2 aromatic carbocycles. The lowest BCUT2D eigenvalue weighted by atomic mass is 10.0. The van der Waals surface area contributed by atoms with E-state index >= 15 is 0 Å². The van der Waals surface area contributed by atoms with Crippen LogP contribution in [-0.2, 0) is 4.79 Å². The summed E-state index contributed by atoms with van der Waals surface area (Å²) in [4.78, 5) is 11.3. The zero-order chi connectivity index (χ0) is 14.7. The molecule has 0 spiro atoms. The summed E-state index contributed by atoms with van der Waals surface area (Å²) in [6.45, 7) is 0. The minimum atomic E-state index is -0.720. The van der Waals surface area contributed by atoms with Crippen molar-refractivity contribution >= 4 is 24.2 Å². The highest BCUT2D eigenvalue weighted by atomic mass is 32.1. The highest BCUT2D eigenvalue weighted by molar-refractivity contribution is 7.81. The number of nitrogens with one attached hydrogen (secondary N) is 1. The van der Waals surface area contributed by atoms with Crippen molar-refractivity contribution in [2.24, 2.45) is 0 Å². The van der Waals surface area contributed by atoms with Crippen LogP contribution >= 0.6 is 12.6 Å². The summed E-state index contributed by atoms with van der Waals surface area (Å²) >= 11 is 3.81. The summed E-state index contributed by atoms with van der Waals surface area (Å²) in [5.41, 5.74) is 0.729. The van der Waals surface area contributed by atoms with Crippen LogP contribution in [0.1, 0.15) is 0 Å². The average molecular weight is 295 g/mol. The third-order valence-corrected chi connectivity index (χ3v) is 2.94. The number of phenolic OH excluding ortho intramolecular Hbond substituents is 1. The molecule has 0 aliphatic carbocycles. The van der Waals surface area contributed by atoms with Crippen molar-refractivity contribution in [1.82, 2.24) is 0 Å². The van der Waals surface area contributed by atoms with E-state index < -0.39 is 17.5 Å². The largest absolute Gasteiger partial charge is 0.506 e. The molecule has 0 saturated heterocycles. The van der Waals surface area contributed by atoms with Crippen molar-refractivity contribution < 1.29 is 18.7 Å². The van der Waals surface area contributed by atoms with Gasteiger partial charge in [-0.05, 0) is 29.8 Å². The van der Waals surface area contributed by atoms with Crippen LogP contribution in [0.5, 0.6) is 5.75 Å². The maximum absolute atomic E-state index is 13.7. The van der Waals surface area contributed by atoms with Gasteiger partial charge < -0.3 is 10.4 Å². The van der Waals surface area contributed by atoms with Crippen molar-refractivity contribution in [3.63, 3.8) is 0 Å². The van der Waals surface area contributed by atoms with Gasteiger partial charge >= 0.3 is 0 Å². The van der Waals surface area contributed by atoms with E-state index in [1.165, 1.54) is 24.3 Å². The molecule has 3 nitrogen and oxygen atoms in total. The van der Waals surface area contributed by atoms with E-state index in [9.17, 15) is 18.7 Å². The van der Waals surface area contributed by atoms with Gasteiger partial charge in [-0.3, -0.25) is 4.79 Å². The second-order valence-corrected chi connectivity index (χ2v) is 4.38. The van der Waals surface area contributed by atoms with Crippen LogP contribution < -0.4 is 5.32 Å². The fourth-order valence-corrected chi connectivity index (χ4v) is 1.80. The summed E-state index contributed by atoms with van der Waals surface area (Å²) < 4.78 is 26.6. The zero-order valence-electron chi connectivity index (χ0n) is 10.2. The zero-order valence-corrected chi connectivity index (χ0v) is 11.1. The molecule has 0 heterocycles. The van der Waals surface area contributed by atoms with Crippen molar-refractivity contribution in [2.75, 3.05) is 11.1 Å². The minimum absolute atomic E-state index is 0.0470. The number of hydrogen-bond acceptors (Lipinski definition) is 3. The summed E-state index contributed by atoms with van der Waals surface area (Å²) in [5, 5.41) is 12.1. The van der Waals surface area contributed by atoms with E-state index in [2.05, 4.69) is 17.9 Å². The van der Waals surface area contributed by atoms with Gasteiger partial charge in [-0.1, -0.05) is 6.07 Å². The van der Waals surface area contributed by atoms with Crippen LogP contribution in [0.15, 0.2) is 36.4 Å². The SMILES string of the molecule is O=C(CS)Nc1cc(-c2ccc(F)cc2F)ccc1O. The Bertz CT molecular complexity index is 662. The Morgan fingerprint density at radius 2 is 1.95 bits per heavy atom. The predicted molar refractivity (Wildman–Crippen MR) is 75.9 cm³/mol. The number of anilines is 1. The van der Waals surface area contributed by atoms with Gasteiger partial charge in [0, 0.05) is 11.6 Å². The molecule has 0 fully saturated rings. The number of aromatic hydroxyl groups is 1. The second-order valence-electron chi connectivity index (χ2n) is 4.06. The molecule has 0 saturated carbocycles. The molecule has 0 aliphatic heterocycles. The Balaban J connectivity index is 2.42. The van der Waals surface area contributed by atoms with Crippen molar-refractivity contribution in [2.45, 2.75) is 0 Å². The maximum atomic E-state index is 13.7. The summed E-state index contributed by atoms with van der Waals surface area (Å²) in [6.07, 6.45) is 0.